The van der Waals surface area contributed by atoms with Gasteiger partial charge in [-0.3, -0.25) is 0 Å². The van der Waals surface area contributed by atoms with Gasteiger partial charge in [0.2, 0.25) is 11.9 Å². The summed E-state index contributed by atoms with van der Waals surface area (Å²) in [5, 5.41) is 0. The molecule has 0 radical (unpaired) electrons. The molecule has 0 aliphatic carbocycles. The number of unbranched alkanes of at least 4 members (excludes halogenated alkanes) is 14. The summed E-state index contributed by atoms with van der Waals surface area (Å²) in [6, 6.07) is -0.0218. The fraction of sp³-hybridized carbons (Fsp3) is 0.769. The Bertz CT molecular complexity index is 739. The predicted molar refractivity (Wildman–Crippen MR) is 138 cm³/mol. The van der Waals surface area contributed by atoms with Crippen LogP contribution < -0.4 is 11.5 Å². The third kappa shape index (κ3) is 10.5. The van der Waals surface area contributed by atoms with Gasteiger partial charge in [-0.15, -0.1) is 0 Å². The highest BCUT2D eigenvalue weighted by molar-refractivity contribution is 5.27. The van der Waals surface area contributed by atoms with Gasteiger partial charge in [0.15, 0.2) is 5.82 Å². The molecule has 1 atom stereocenters. The minimum absolute atomic E-state index is 0.0218. The molecule has 186 valence electrons. The molecule has 0 spiro atoms. The van der Waals surface area contributed by atoms with Crippen molar-refractivity contribution in [2.24, 2.45) is 0 Å². The molecule has 0 fully saturated rings. The lowest BCUT2D eigenvalue weighted by atomic mass is 10.0. The number of aromatic nitrogens is 5. The Morgan fingerprint density at radius 2 is 1.18 bits per heavy atom. The molecule has 33 heavy (non-hydrogen) atoms. The summed E-state index contributed by atoms with van der Waals surface area (Å²) in [5.74, 6) is 2.02. The average molecular weight is 458 g/mol. The average Bonchev–Trinajstić information content (AvgIpc) is 3.24. The van der Waals surface area contributed by atoms with E-state index in [1.807, 2.05) is 12.4 Å². The third-order valence-electron chi connectivity index (χ3n) is 6.46. The number of nitrogens with two attached hydrogens (primary N) is 2. The van der Waals surface area contributed by atoms with Crippen molar-refractivity contribution >= 4 is 11.9 Å². The first-order valence-electron chi connectivity index (χ1n) is 13.4. The second kappa shape index (κ2) is 16.4. The first-order chi connectivity index (χ1) is 16.2. The molecular weight excluding hydrogens is 410 g/mol. The molecule has 2 heterocycles. The van der Waals surface area contributed by atoms with Gasteiger partial charge in [-0.05, 0) is 12.8 Å². The van der Waals surface area contributed by atoms with Crippen molar-refractivity contribution in [3.8, 4) is 0 Å². The quantitative estimate of drug-likeness (QED) is 0.229. The molecule has 2 rings (SSSR count). The van der Waals surface area contributed by atoms with E-state index in [1.54, 1.807) is 0 Å². The molecular formula is C26H47N7. The molecule has 2 aromatic rings. The maximum atomic E-state index is 5.77. The molecule has 0 amide bonds. The van der Waals surface area contributed by atoms with E-state index >= 15 is 0 Å². The van der Waals surface area contributed by atoms with Crippen molar-refractivity contribution < 1.29 is 0 Å². The summed E-state index contributed by atoms with van der Waals surface area (Å²) in [6.45, 7) is 4.39. The Hall–Kier alpha value is -2.18. The van der Waals surface area contributed by atoms with Crippen molar-refractivity contribution in [1.29, 1.82) is 0 Å². The van der Waals surface area contributed by atoms with Crippen molar-refractivity contribution in [2.75, 3.05) is 11.5 Å². The zero-order valence-electron chi connectivity index (χ0n) is 21.1. The lowest BCUT2D eigenvalue weighted by Crippen LogP contribution is -2.18. The number of nitrogen functional groups attached to an aromatic ring is 2. The minimum atomic E-state index is -0.0218. The van der Waals surface area contributed by atoms with Gasteiger partial charge in [0.05, 0.1) is 6.04 Å². The second-order valence-electron chi connectivity index (χ2n) is 9.28. The molecule has 4 N–H and O–H groups in total. The Labute approximate surface area is 201 Å². The van der Waals surface area contributed by atoms with Gasteiger partial charge in [-0.1, -0.05) is 104 Å². The Kier molecular flexibility index (Phi) is 13.5. The van der Waals surface area contributed by atoms with Crippen LogP contribution >= 0.6 is 0 Å². The Morgan fingerprint density at radius 1 is 0.697 bits per heavy atom. The zero-order chi connectivity index (χ0) is 23.7. The fourth-order valence-corrected chi connectivity index (χ4v) is 4.56. The summed E-state index contributed by atoms with van der Waals surface area (Å²) in [6.07, 6.45) is 26.3. The van der Waals surface area contributed by atoms with Crippen molar-refractivity contribution in [2.45, 2.75) is 129 Å². The molecule has 1 unspecified atom stereocenters. The summed E-state index contributed by atoms with van der Waals surface area (Å²) in [4.78, 5) is 17.1. The number of nitrogens with zero attached hydrogens (tertiary/aromatic N) is 5. The third-order valence-corrected chi connectivity index (χ3v) is 6.46. The van der Waals surface area contributed by atoms with Gasteiger partial charge >= 0.3 is 0 Å². The molecule has 0 aromatic carbocycles. The van der Waals surface area contributed by atoms with Gasteiger partial charge in [-0.2, -0.15) is 15.0 Å². The van der Waals surface area contributed by atoms with E-state index in [4.69, 9.17) is 11.5 Å². The smallest absolute Gasteiger partial charge is 0.225 e. The predicted octanol–water partition coefficient (Wildman–Crippen LogP) is 6.65. The lowest BCUT2D eigenvalue weighted by Gasteiger charge is -2.18. The van der Waals surface area contributed by atoms with Gasteiger partial charge < -0.3 is 16.0 Å². The largest absolute Gasteiger partial charge is 0.368 e. The van der Waals surface area contributed by atoms with Gasteiger partial charge in [0.1, 0.15) is 5.82 Å². The Balaban J connectivity index is 1.57. The fourth-order valence-electron chi connectivity index (χ4n) is 4.56. The van der Waals surface area contributed by atoms with Crippen LogP contribution in [0.5, 0.6) is 0 Å². The number of hydrogen-bond donors (Lipinski definition) is 2. The van der Waals surface area contributed by atoms with E-state index in [1.165, 1.54) is 89.9 Å². The van der Waals surface area contributed by atoms with Gasteiger partial charge in [0, 0.05) is 18.8 Å². The van der Waals surface area contributed by atoms with Crippen molar-refractivity contribution in [1.82, 2.24) is 24.5 Å². The highest BCUT2D eigenvalue weighted by Gasteiger charge is 2.19. The van der Waals surface area contributed by atoms with Crippen LogP contribution in [-0.4, -0.2) is 24.5 Å². The number of aryl methyl sites for hydroxylation is 1. The van der Waals surface area contributed by atoms with Crippen LogP contribution in [0.2, 0.25) is 0 Å². The molecule has 0 saturated heterocycles. The van der Waals surface area contributed by atoms with E-state index in [9.17, 15) is 0 Å². The summed E-state index contributed by atoms with van der Waals surface area (Å²) in [7, 11) is 0. The number of anilines is 2. The normalized spacial score (nSPS) is 12.3. The molecule has 0 bridgehead atoms. The molecule has 7 nitrogen and oxygen atoms in total. The van der Waals surface area contributed by atoms with Crippen LogP contribution in [0, 0.1) is 0 Å². The van der Waals surface area contributed by atoms with E-state index in [2.05, 4.69) is 38.4 Å². The maximum Gasteiger partial charge on any atom is 0.225 e. The van der Waals surface area contributed by atoms with Crippen LogP contribution in [0.1, 0.15) is 134 Å². The molecule has 2 aromatic heterocycles. The van der Waals surface area contributed by atoms with Crippen molar-refractivity contribution in [3.05, 3.63) is 24.0 Å². The van der Waals surface area contributed by atoms with Crippen LogP contribution in [-0.2, 0) is 6.42 Å². The van der Waals surface area contributed by atoms with E-state index < -0.39 is 0 Å². The lowest BCUT2D eigenvalue weighted by molar-refractivity contribution is 0.501. The Morgan fingerprint density at radius 3 is 1.67 bits per heavy atom. The first kappa shape index (κ1) is 27.1. The van der Waals surface area contributed by atoms with Crippen LogP contribution in [0.15, 0.2) is 12.4 Å². The topological polar surface area (TPSA) is 109 Å². The number of rotatable bonds is 19. The second-order valence-corrected chi connectivity index (χ2v) is 9.28. The SMILES string of the molecule is CCCCCCCCCCCCCCCCCc1nccn1C(CC)c1nc(N)nc(N)n1. The zero-order valence-corrected chi connectivity index (χ0v) is 21.1. The number of imidazole rings is 1. The van der Waals surface area contributed by atoms with Crippen molar-refractivity contribution in [3.63, 3.8) is 0 Å². The van der Waals surface area contributed by atoms with Gasteiger partial charge in [0.25, 0.3) is 0 Å². The molecule has 0 saturated carbocycles. The summed E-state index contributed by atoms with van der Waals surface area (Å²) >= 11 is 0. The standard InChI is InChI=1S/C26H47N7/c1-3-5-6-7-8-9-10-11-12-13-14-15-16-17-18-19-23-29-20-21-33(23)22(4-2)24-30-25(27)32-26(28)31-24/h20-22H,3-19H2,1-2H3,(H4,27,28,30,31,32). The van der Waals surface area contributed by atoms with Crippen LogP contribution in [0.25, 0.3) is 0 Å². The van der Waals surface area contributed by atoms with E-state index in [0.29, 0.717) is 5.82 Å². The highest BCUT2D eigenvalue weighted by atomic mass is 15.2. The van der Waals surface area contributed by atoms with Crippen LogP contribution in [0.4, 0.5) is 11.9 Å². The monoisotopic (exact) mass is 457 g/mol. The molecule has 0 aliphatic heterocycles. The van der Waals surface area contributed by atoms with E-state index in [0.717, 1.165) is 25.1 Å². The van der Waals surface area contributed by atoms with E-state index in [-0.39, 0.29) is 17.9 Å². The molecule has 0 aliphatic rings. The summed E-state index contributed by atoms with van der Waals surface area (Å²) in [5.41, 5.74) is 11.5. The van der Waals surface area contributed by atoms with Gasteiger partial charge in [-0.25, -0.2) is 4.98 Å². The first-order valence-corrected chi connectivity index (χ1v) is 13.4. The molecule has 7 heteroatoms. The number of hydrogen-bond acceptors (Lipinski definition) is 6. The minimum Gasteiger partial charge on any atom is -0.368 e. The van der Waals surface area contributed by atoms with Crippen LogP contribution in [0.3, 0.4) is 0 Å². The highest BCUT2D eigenvalue weighted by Crippen LogP contribution is 2.22. The summed E-state index contributed by atoms with van der Waals surface area (Å²) < 4.78 is 2.16. The maximum absolute atomic E-state index is 5.77.